The molecule has 1 heterocycles. The van der Waals surface area contributed by atoms with Crippen molar-refractivity contribution in [1.82, 2.24) is 4.90 Å². The SMILES string of the molecule is COc1ccc(CN(C(=O)c2ccc(Cl)cc2)C2CC(=O)N(c3ccc(F)cc3)C2=O)cc1. The maximum atomic E-state index is 13.4. The Morgan fingerprint density at radius 2 is 1.67 bits per heavy atom. The van der Waals surface area contributed by atoms with E-state index in [2.05, 4.69) is 0 Å². The molecule has 0 aliphatic carbocycles. The third-order valence-electron chi connectivity index (χ3n) is 5.45. The lowest BCUT2D eigenvalue weighted by molar-refractivity contribution is -0.122. The Morgan fingerprint density at radius 1 is 1.03 bits per heavy atom. The highest BCUT2D eigenvalue weighted by molar-refractivity contribution is 6.30. The number of ether oxygens (including phenoxy) is 1. The largest absolute Gasteiger partial charge is 0.497 e. The molecule has 0 bridgehead atoms. The molecule has 1 aliphatic rings. The van der Waals surface area contributed by atoms with Gasteiger partial charge in [0.25, 0.3) is 11.8 Å². The second-order valence-electron chi connectivity index (χ2n) is 7.55. The lowest BCUT2D eigenvalue weighted by Crippen LogP contribution is -2.45. The van der Waals surface area contributed by atoms with E-state index in [1.807, 2.05) is 0 Å². The predicted molar refractivity (Wildman–Crippen MR) is 122 cm³/mol. The smallest absolute Gasteiger partial charge is 0.257 e. The van der Waals surface area contributed by atoms with Gasteiger partial charge in [0.1, 0.15) is 17.6 Å². The fraction of sp³-hybridized carbons (Fsp3) is 0.160. The summed E-state index contributed by atoms with van der Waals surface area (Å²) >= 11 is 5.95. The summed E-state index contributed by atoms with van der Waals surface area (Å²) < 4.78 is 18.5. The zero-order valence-corrected chi connectivity index (χ0v) is 18.5. The number of rotatable bonds is 6. The molecule has 0 spiro atoms. The van der Waals surface area contributed by atoms with E-state index in [1.54, 1.807) is 55.6 Å². The number of hydrogen-bond acceptors (Lipinski definition) is 4. The van der Waals surface area contributed by atoms with Gasteiger partial charge in [-0.05, 0) is 66.2 Å². The number of imide groups is 1. The van der Waals surface area contributed by atoms with E-state index >= 15 is 0 Å². The summed E-state index contributed by atoms with van der Waals surface area (Å²) in [5.41, 5.74) is 1.37. The van der Waals surface area contributed by atoms with Crippen LogP contribution in [0.2, 0.25) is 5.02 Å². The van der Waals surface area contributed by atoms with Crippen LogP contribution >= 0.6 is 11.6 Å². The Bertz CT molecular complexity index is 1180. The van der Waals surface area contributed by atoms with Gasteiger partial charge in [-0.25, -0.2) is 9.29 Å². The van der Waals surface area contributed by atoms with Crippen molar-refractivity contribution in [3.63, 3.8) is 0 Å². The summed E-state index contributed by atoms with van der Waals surface area (Å²) in [7, 11) is 1.55. The maximum absolute atomic E-state index is 13.4. The molecule has 1 fully saturated rings. The van der Waals surface area contributed by atoms with Gasteiger partial charge in [0.2, 0.25) is 5.91 Å². The number of hydrogen-bond donors (Lipinski definition) is 0. The van der Waals surface area contributed by atoms with Crippen molar-refractivity contribution in [2.75, 3.05) is 12.0 Å². The molecular formula is C25H20ClFN2O4. The first kappa shape index (κ1) is 22.5. The van der Waals surface area contributed by atoms with Crippen LogP contribution in [0.1, 0.15) is 22.3 Å². The number of halogens is 2. The van der Waals surface area contributed by atoms with Crippen molar-refractivity contribution in [3.8, 4) is 5.75 Å². The van der Waals surface area contributed by atoms with Gasteiger partial charge in [0.05, 0.1) is 19.2 Å². The zero-order valence-electron chi connectivity index (χ0n) is 17.7. The van der Waals surface area contributed by atoms with Crippen LogP contribution in [-0.2, 0) is 16.1 Å². The minimum atomic E-state index is -1.01. The normalized spacial score (nSPS) is 15.6. The van der Waals surface area contributed by atoms with Crippen LogP contribution in [0.4, 0.5) is 10.1 Å². The molecule has 0 saturated carbocycles. The predicted octanol–water partition coefficient (Wildman–Crippen LogP) is 4.46. The van der Waals surface area contributed by atoms with E-state index in [9.17, 15) is 18.8 Å². The first-order chi connectivity index (χ1) is 15.9. The van der Waals surface area contributed by atoms with Crippen LogP contribution < -0.4 is 9.64 Å². The average molecular weight is 467 g/mol. The Morgan fingerprint density at radius 3 is 2.27 bits per heavy atom. The van der Waals surface area contributed by atoms with Gasteiger partial charge in [0.15, 0.2) is 0 Å². The number of carbonyl (C=O) groups excluding carboxylic acids is 3. The van der Waals surface area contributed by atoms with E-state index in [1.165, 1.54) is 29.2 Å². The summed E-state index contributed by atoms with van der Waals surface area (Å²) in [5, 5.41) is 0.475. The molecule has 3 aromatic carbocycles. The summed E-state index contributed by atoms with van der Waals surface area (Å²) in [6.45, 7) is 0.104. The zero-order chi connectivity index (χ0) is 23.5. The molecule has 168 valence electrons. The summed E-state index contributed by atoms with van der Waals surface area (Å²) in [4.78, 5) is 41.9. The minimum Gasteiger partial charge on any atom is -0.497 e. The van der Waals surface area contributed by atoms with Crippen LogP contribution in [0.5, 0.6) is 5.75 Å². The monoisotopic (exact) mass is 466 g/mol. The van der Waals surface area contributed by atoms with Crippen molar-refractivity contribution in [3.05, 3.63) is 94.8 Å². The third kappa shape index (κ3) is 4.73. The molecule has 1 atom stereocenters. The van der Waals surface area contributed by atoms with Gasteiger partial charge < -0.3 is 9.64 Å². The van der Waals surface area contributed by atoms with Crippen LogP contribution in [0.25, 0.3) is 0 Å². The van der Waals surface area contributed by atoms with E-state index in [4.69, 9.17) is 16.3 Å². The van der Waals surface area contributed by atoms with Crippen molar-refractivity contribution in [2.24, 2.45) is 0 Å². The number of methoxy groups -OCH3 is 1. The molecule has 1 unspecified atom stereocenters. The van der Waals surface area contributed by atoms with Gasteiger partial charge in [0, 0.05) is 17.1 Å². The van der Waals surface area contributed by atoms with Crippen LogP contribution in [0.3, 0.4) is 0 Å². The van der Waals surface area contributed by atoms with Gasteiger partial charge in [-0.15, -0.1) is 0 Å². The van der Waals surface area contributed by atoms with Crippen molar-refractivity contribution < 1.29 is 23.5 Å². The highest BCUT2D eigenvalue weighted by atomic mass is 35.5. The number of carbonyl (C=O) groups is 3. The summed E-state index contributed by atoms with van der Waals surface area (Å²) in [6, 6.07) is 17.5. The number of amides is 3. The second-order valence-corrected chi connectivity index (χ2v) is 7.99. The molecule has 1 aliphatic heterocycles. The summed E-state index contributed by atoms with van der Waals surface area (Å²) in [5.74, 6) is -1.23. The molecule has 0 radical (unpaired) electrons. The van der Waals surface area contributed by atoms with Crippen molar-refractivity contribution >= 4 is 35.0 Å². The fourth-order valence-corrected chi connectivity index (χ4v) is 3.86. The van der Waals surface area contributed by atoms with E-state index in [-0.39, 0.29) is 18.7 Å². The van der Waals surface area contributed by atoms with Crippen LogP contribution in [0.15, 0.2) is 72.8 Å². The number of nitrogens with zero attached hydrogens (tertiary/aromatic N) is 2. The Hall–Kier alpha value is -3.71. The Kier molecular flexibility index (Phi) is 6.42. The van der Waals surface area contributed by atoms with Gasteiger partial charge in [-0.1, -0.05) is 23.7 Å². The molecule has 4 rings (SSSR count). The average Bonchev–Trinajstić information content (AvgIpc) is 3.12. The topological polar surface area (TPSA) is 66.9 Å². The molecule has 33 heavy (non-hydrogen) atoms. The molecule has 1 saturated heterocycles. The van der Waals surface area contributed by atoms with E-state index < -0.39 is 29.6 Å². The lowest BCUT2D eigenvalue weighted by Gasteiger charge is -2.28. The van der Waals surface area contributed by atoms with E-state index in [0.29, 0.717) is 16.3 Å². The second kappa shape index (κ2) is 9.42. The van der Waals surface area contributed by atoms with Crippen LogP contribution in [0, 0.1) is 5.82 Å². The number of benzene rings is 3. The van der Waals surface area contributed by atoms with Gasteiger partial charge in [-0.2, -0.15) is 0 Å². The summed E-state index contributed by atoms with van der Waals surface area (Å²) in [6.07, 6.45) is -0.175. The number of anilines is 1. The van der Waals surface area contributed by atoms with Gasteiger partial charge >= 0.3 is 0 Å². The third-order valence-corrected chi connectivity index (χ3v) is 5.70. The molecule has 0 N–H and O–H groups in total. The quantitative estimate of drug-likeness (QED) is 0.503. The first-order valence-corrected chi connectivity index (χ1v) is 10.6. The van der Waals surface area contributed by atoms with Crippen LogP contribution in [-0.4, -0.2) is 35.8 Å². The highest BCUT2D eigenvalue weighted by Gasteiger charge is 2.44. The standard InChI is InChI=1S/C25H20ClFN2O4/c1-33-21-12-2-16(3-13-21)15-28(24(31)17-4-6-18(26)7-5-17)22-14-23(30)29(25(22)32)20-10-8-19(27)9-11-20/h2-13,22H,14-15H2,1H3. The fourth-order valence-electron chi connectivity index (χ4n) is 3.73. The molecule has 3 amide bonds. The van der Waals surface area contributed by atoms with E-state index in [0.717, 1.165) is 10.5 Å². The maximum Gasteiger partial charge on any atom is 0.257 e. The molecule has 3 aromatic rings. The van der Waals surface area contributed by atoms with Gasteiger partial charge in [-0.3, -0.25) is 14.4 Å². The molecule has 0 aromatic heterocycles. The first-order valence-electron chi connectivity index (χ1n) is 10.2. The highest BCUT2D eigenvalue weighted by Crippen LogP contribution is 2.28. The van der Waals surface area contributed by atoms with Crippen molar-refractivity contribution in [1.29, 1.82) is 0 Å². The lowest BCUT2D eigenvalue weighted by atomic mass is 10.1. The Balaban J connectivity index is 1.67. The Labute approximate surface area is 195 Å². The molecule has 6 nitrogen and oxygen atoms in total. The van der Waals surface area contributed by atoms with Crippen molar-refractivity contribution in [2.45, 2.75) is 19.0 Å². The minimum absolute atomic E-state index is 0.104. The molecule has 8 heteroatoms. The molecular weight excluding hydrogens is 447 g/mol.